The minimum Gasteiger partial charge on any atom is -0.490 e. The summed E-state index contributed by atoms with van der Waals surface area (Å²) >= 11 is 0. The van der Waals surface area contributed by atoms with Crippen LogP contribution in [0.3, 0.4) is 0 Å². The molecule has 0 spiro atoms. The Labute approximate surface area is 125 Å². The maximum atomic E-state index is 12.7. The highest BCUT2D eigenvalue weighted by Gasteiger charge is 2.28. The van der Waals surface area contributed by atoms with Gasteiger partial charge in [-0.25, -0.2) is 8.42 Å². The van der Waals surface area contributed by atoms with E-state index >= 15 is 0 Å². The van der Waals surface area contributed by atoms with Crippen LogP contribution in [0.2, 0.25) is 0 Å². The zero-order valence-corrected chi connectivity index (χ0v) is 13.0. The van der Waals surface area contributed by atoms with Gasteiger partial charge in [-0.05, 0) is 25.1 Å². The number of hydrogen-bond acceptors (Lipinski definition) is 5. The molecule has 1 aromatic rings. The fourth-order valence-electron chi connectivity index (χ4n) is 2.78. The predicted octanol–water partition coefficient (Wildman–Crippen LogP) is 0.499. The van der Waals surface area contributed by atoms with Crippen molar-refractivity contribution in [2.45, 2.75) is 11.8 Å². The molecule has 6 nitrogen and oxygen atoms in total. The Hall–Kier alpha value is -1.31. The van der Waals surface area contributed by atoms with Crippen LogP contribution in [0.5, 0.6) is 5.75 Å². The maximum absolute atomic E-state index is 12.7. The minimum atomic E-state index is -3.42. The van der Waals surface area contributed by atoms with Gasteiger partial charge in [-0.15, -0.1) is 0 Å². The van der Waals surface area contributed by atoms with Crippen LogP contribution in [0.1, 0.15) is 6.92 Å². The lowest BCUT2D eigenvalue weighted by Gasteiger charge is -2.31. The first kappa shape index (κ1) is 14.6. The number of nitrogens with zero attached hydrogens (tertiary/aromatic N) is 2. The van der Waals surface area contributed by atoms with Crippen molar-refractivity contribution in [2.75, 3.05) is 50.8 Å². The number of ether oxygens (including phenoxy) is 1. The van der Waals surface area contributed by atoms with Gasteiger partial charge in [0.05, 0.1) is 17.1 Å². The molecule has 116 valence electrons. The largest absolute Gasteiger partial charge is 0.490 e. The van der Waals surface area contributed by atoms with E-state index in [2.05, 4.69) is 17.1 Å². The molecule has 0 amide bonds. The summed E-state index contributed by atoms with van der Waals surface area (Å²) < 4.78 is 32.6. The molecule has 2 aliphatic rings. The molecule has 2 aliphatic heterocycles. The molecule has 2 heterocycles. The maximum Gasteiger partial charge on any atom is 0.243 e. The van der Waals surface area contributed by atoms with Gasteiger partial charge >= 0.3 is 0 Å². The molecule has 0 atom stereocenters. The highest BCUT2D eigenvalue weighted by Crippen LogP contribution is 2.34. The smallest absolute Gasteiger partial charge is 0.243 e. The van der Waals surface area contributed by atoms with E-state index in [0.717, 1.165) is 24.5 Å². The van der Waals surface area contributed by atoms with Gasteiger partial charge in [0.1, 0.15) is 12.4 Å². The molecule has 1 N–H and O–H groups in total. The van der Waals surface area contributed by atoms with Gasteiger partial charge in [0.15, 0.2) is 0 Å². The fraction of sp³-hybridized carbons (Fsp3) is 0.571. The number of piperazine rings is 1. The Morgan fingerprint density at radius 3 is 2.71 bits per heavy atom. The van der Waals surface area contributed by atoms with Crippen LogP contribution >= 0.6 is 0 Å². The normalized spacial score (nSPS) is 20.0. The van der Waals surface area contributed by atoms with Gasteiger partial charge in [0.25, 0.3) is 0 Å². The van der Waals surface area contributed by atoms with E-state index < -0.39 is 10.0 Å². The first-order valence-electron chi connectivity index (χ1n) is 7.35. The van der Waals surface area contributed by atoms with E-state index in [0.29, 0.717) is 37.7 Å². The Morgan fingerprint density at radius 2 is 2.00 bits per heavy atom. The number of likely N-dealkylation sites (N-methyl/N-ethyl adjacent to an activating group) is 1. The molecule has 21 heavy (non-hydrogen) atoms. The van der Waals surface area contributed by atoms with E-state index in [1.807, 2.05) is 0 Å². The Balaban J connectivity index is 1.95. The van der Waals surface area contributed by atoms with E-state index in [-0.39, 0.29) is 0 Å². The summed E-state index contributed by atoms with van der Waals surface area (Å²) in [4.78, 5) is 2.50. The summed E-state index contributed by atoms with van der Waals surface area (Å²) in [5.74, 6) is 0.766. The molecular weight excluding hydrogens is 290 g/mol. The standard InChI is InChI=1S/C14H21N3O3S/c1-2-16-9-10-20-14-4-3-12(11-13(14)16)21(18,19)17-7-5-15-6-8-17/h3-4,11,15H,2,5-10H2,1H3. The summed E-state index contributed by atoms with van der Waals surface area (Å²) in [6, 6.07) is 5.16. The number of rotatable bonds is 3. The van der Waals surface area contributed by atoms with Crippen molar-refractivity contribution in [3.05, 3.63) is 18.2 Å². The summed E-state index contributed by atoms with van der Waals surface area (Å²) in [5.41, 5.74) is 0.875. The zero-order chi connectivity index (χ0) is 14.9. The van der Waals surface area contributed by atoms with E-state index in [1.165, 1.54) is 0 Å². The Bertz CT molecular complexity index is 612. The van der Waals surface area contributed by atoms with Crippen molar-refractivity contribution in [1.82, 2.24) is 9.62 Å². The number of fused-ring (bicyclic) bond motifs is 1. The molecule has 3 rings (SSSR count). The van der Waals surface area contributed by atoms with Crippen molar-refractivity contribution in [3.8, 4) is 5.75 Å². The molecule has 1 saturated heterocycles. The second-order valence-electron chi connectivity index (χ2n) is 5.21. The summed E-state index contributed by atoms with van der Waals surface area (Å²) in [6.07, 6.45) is 0. The molecule has 0 aliphatic carbocycles. The van der Waals surface area contributed by atoms with Gasteiger partial charge < -0.3 is 15.0 Å². The van der Waals surface area contributed by atoms with Crippen LogP contribution in [-0.4, -0.2) is 58.6 Å². The molecule has 0 aromatic heterocycles. The predicted molar refractivity (Wildman–Crippen MR) is 81.5 cm³/mol. The van der Waals surface area contributed by atoms with Crippen molar-refractivity contribution >= 4 is 15.7 Å². The first-order valence-corrected chi connectivity index (χ1v) is 8.79. The SMILES string of the molecule is CCN1CCOc2ccc(S(=O)(=O)N3CCNCC3)cc21. The summed E-state index contributed by atoms with van der Waals surface area (Å²) in [7, 11) is -3.42. The van der Waals surface area contributed by atoms with Gasteiger partial charge in [0, 0.05) is 32.7 Å². The lowest BCUT2D eigenvalue weighted by Crippen LogP contribution is -2.46. The quantitative estimate of drug-likeness (QED) is 0.881. The molecule has 1 fully saturated rings. The van der Waals surface area contributed by atoms with Crippen molar-refractivity contribution in [2.24, 2.45) is 0 Å². The van der Waals surface area contributed by atoms with Gasteiger partial charge in [-0.1, -0.05) is 0 Å². The zero-order valence-electron chi connectivity index (χ0n) is 12.2. The fourth-order valence-corrected chi connectivity index (χ4v) is 4.24. The lowest BCUT2D eigenvalue weighted by molar-refractivity contribution is 0.308. The van der Waals surface area contributed by atoms with Crippen LogP contribution in [0.15, 0.2) is 23.1 Å². The average Bonchev–Trinajstić information content (AvgIpc) is 2.54. The van der Waals surface area contributed by atoms with Crippen molar-refractivity contribution < 1.29 is 13.2 Å². The Morgan fingerprint density at radius 1 is 1.24 bits per heavy atom. The number of nitrogens with one attached hydrogen (secondary N) is 1. The highest BCUT2D eigenvalue weighted by molar-refractivity contribution is 7.89. The second kappa shape index (κ2) is 5.82. The van der Waals surface area contributed by atoms with Crippen molar-refractivity contribution in [3.63, 3.8) is 0 Å². The van der Waals surface area contributed by atoms with Crippen LogP contribution in [0.4, 0.5) is 5.69 Å². The molecule has 0 radical (unpaired) electrons. The Kier molecular flexibility index (Phi) is 4.05. The van der Waals surface area contributed by atoms with Gasteiger partial charge in [0.2, 0.25) is 10.0 Å². The van der Waals surface area contributed by atoms with E-state index in [1.54, 1.807) is 22.5 Å². The van der Waals surface area contributed by atoms with Crippen LogP contribution in [0.25, 0.3) is 0 Å². The van der Waals surface area contributed by atoms with E-state index in [9.17, 15) is 8.42 Å². The van der Waals surface area contributed by atoms with Crippen molar-refractivity contribution in [1.29, 1.82) is 0 Å². The minimum absolute atomic E-state index is 0.354. The number of sulfonamides is 1. The topological polar surface area (TPSA) is 61.9 Å². The molecular formula is C14H21N3O3S. The highest BCUT2D eigenvalue weighted by atomic mass is 32.2. The number of benzene rings is 1. The van der Waals surface area contributed by atoms with Crippen LogP contribution in [-0.2, 0) is 10.0 Å². The van der Waals surface area contributed by atoms with Crippen LogP contribution < -0.4 is 15.0 Å². The molecule has 0 unspecified atom stereocenters. The number of hydrogen-bond donors (Lipinski definition) is 1. The van der Waals surface area contributed by atoms with Crippen LogP contribution in [0, 0.1) is 0 Å². The van der Waals surface area contributed by atoms with Gasteiger partial charge in [-0.2, -0.15) is 4.31 Å². The van der Waals surface area contributed by atoms with E-state index in [4.69, 9.17) is 4.74 Å². The second-order valence-corrected chi connectivity index (χ2v) is 7.15. The number of anilines is 1. The average molecular weight is 311 g/mol. The third-order valence-electron chi connectivity index (χ3n) is 3.99. The van der Waals surface area contributed by atoms with Gasteiger partial charge in [-0.3, -0.25) is 0 Å². The molecule has 1 aromatic carbocycles. The lowest BCUT2D eigenvalue weighted by atomic mass is 10.2. The molecule has 0 bridgehead atoms. The third kappa shape index (κ3) is 2.73. The third-order valence-corrected chi connectivity index (χ3v) is 5.88. The molecule has 7 heteroatoms. The molecule has 0 saturated carbocycles. The monoisotopic (exact) mass is 311 g/mol. The first-order chi connectivity index (χ1) is 10.1. The summed E-state index contributed by atoms with van der Waals surface area (Å²) in [5, 5.41) is 3.17. The summed E-state index contributed by atoms with van der Waals surface area (Å²) in [6.45, 7) is 6.79.